The van der Waals surface area contributed by atoms with E-state index in [1.165, 1.54) is 6.07 Å². The molecule has 1 amide bonds. The molecule has 0 aromatic heterocycles. The molecule has 1 aromatic rings. The fraction of sp³-hybridized carbons (Fsp3) is 0.500. The minimum absolute atomic E-state index is 0.00661. The minimum atomic E-state index is -0.399. The first-order chi connectivity index (χ1) is 9.13. The van der Waals surface area contributed by atoms with Crippen molar-refractivity contribution in [3.05, 3.63) is 35.6 Å². The van der Waals surface area contributed by atoms with E-state index in [9.17, 15) is 9.18 Å². The first-order valence-electron chi connectivity index (χ1n) is 6.48. The Morgan fingerprint density at radius 3 is 3.00 bits per heavy atom. The van der Waals surface area contributed by atoms with Gasteiger partial charge in [-0.1, -0.05) is 25.1 Å². The summed E-state index contributed by atoms with van der Waals surface area (Å²) in [5, 5.41) is 0. The summed E-state index contributed by atoms with van der Waals surface area (Å²) in [6.45, 7) is 3.46. The maximum Gasteiger partial charge on any atom is 0.226 e. The molecule has 1 aromatic carbocycles. The molecule has 0 saturated carbocycles. The van der Waals surface area contributed by atoms with Gasteiger partial charge in [-0.25, -0.2) is 4.39 Å². The van der Waals surface area contributed by atoms with E-state index >= 15 is 0 Å². The SMILES string of the molecule is CC(CN)C(=O)N1CCOC(c2ccccc2F)C1. The molecule has 0 spiro atoms. The van der Waals surface area contributed by atoms with Gasteiger partial charge in [0.05, 0.1) is 13.2 Å². The van der Waals surface area contributed by atoms with E-state index in [0.717, 1.165) is 0 Å². The zero-order chi connectivity index (χ0) is 13.8. The van der Waals surface area contributed by atoms with Crippen molar-refractivity contribution in [1.29, 1.82) is 0 Å². The van der Waals surface area contributed by atoms with Gasteiger partial charge in [0.2, 0.25) is 5.91 Å². The van der Waals surface area contributed by atoms with Crippen molar-refractivity contribution in [2.75, 3.05) is 26.2 Å². The second-order valence-corrected chi connectivity index (χ2v) is 4.80. The molecule has 0 radical (unpaired) electrons. The number of hydrogen-bond acceptors (Lipinski definition) is 3. The first kappa shape index (κ1) is 14.0. The highest BCUT2D eigenvalue weighted by molar-refractivity contribution is 5.78. The van der Waals surface area contributed by atoms with Crippen LogP contribution in [-0.4, -0.2) is 37.0 Å². The Hall–Kier alpha value is -1.46. The molecule has 2 atom stereocenters. The van der Waals surface area contributed by atoms with E-state index in [4.69, 9.17) is 10.5 Å². The predicted molar refractivity (Wildman–Crippen MR) is 69.9 cm³/mol. The van der Waals surface area contributed by atoms with Gasteiger partial charge >= 0.3 is 0 Å². The summed E-state index contributed by atoms with van der Waals surface area (Å²) in [5.41, 5.74) is 6.01. The van der Waals surface area contributed by atoms with E-state index in [0.29, 0.717) is 31.8 Å². The highest BCUT2D eigenvalue weighted by Crippen LogP contribution is 2.25. The lowest BCUT2D eigenvalue weighted by molar-refractivity contribution is -0.142. The highest BCUT2D eigenvalue weighted by Gasteiger charge is 2.28. The van der Waals surface area contributed by atoms with Crippen LogP contribution in [0.5, 0.6) is 0 Å². The zero-order valence-corrected chi connectivity index (χ0v) is 11.0. The summed E-state index contributed by atoms with van der Waals surface area (Å²) in [7, 11) is 0. The Bertz CT molecular complexity index is 453. The van der Waals surface area contributed by atoms with Crippen LogP contribution in [0.3, 0.4) is 0 Å². The molecular weight excluding hydrogens is 247 g/mol. The summed E-state index contributed by atoms with van der Waals surface area (Å²) >= 11 is 0. The molecular formula is C14H19FN2O2. The largest absolute Gasteiger partial charge is 0.370 e. The van der Waals surface area contributed by atoms with Gasteiger partial charge in [0.25, 0.3) is 0 Å². The van der Waals surface area contributed by atoms with E-state index in [2.05, 4.69) is 0 Å². The fourth-order valence-corrected chi connectivity index (χ4v) is 2.19. The number of nitrogens with two attached hydrogens (primary N) is 1. The van der Waals surface area contributed by atoms with Crippen LogP contribution in [0.15, 0.2) is 24.3 Å². The molecule has 0 aliphatic carbocycles. The molecule has 1 saturated heterocycles. The predicted octanol–water partition coefficient (Wildman–Crippen LogP) is 1.32. The van der Waals surface area contributed by atoms with Crippen LogP contribution in [0.4, 0.5) is 4.39 Å². The molecule has 2 N–H and O–H groups in total. The van der Waals surface area contributed by atoms with Crippen molar-refractivity contribution in [2.24, 2.45) is 11.7 Å². The Balaban J connectivity index is 2.09. The Labute approximate surface area is 112 Å². The number of carbonyl (C=O) groups is 1. The van der Waals surface area contributed by atoms with Crippen molar-refractivity contribution in [3.8, 4) is 0 Å². The van der Waals surface area contributed by atoms with Gasteiger partial charge in [0.1, 0.15) is 11.9 Å². The number of ether oxygens (including phenoxy) is 1. The standard InChI is InChI=1S/C14H19FN2O2/c1-10(8-16)14(18)17-6-7-19-13(9-17)11-4-2-3-5-12(11)15/h2-5,10,13H,6-9,16H2,1H3. The summed E-state index contributed by atoms with van der Waals surface area (Å²) in [6, 6.07) is 6.51. The zero-order valence-electron chi connectivity index (χ0n) is 11.0. The van der Waals surface area contributed by atoms with E-state index in [1.54, 1.807) is 30.0 Å². The van der Waals surface area contributed by atoms with Crippen LogP contribution in [0.25, 0.3) is 0 Å². The first-order valence-corrected chi connectivity index (χ1v) is 6.48. The third-order valence-corrected chi connectivity index (χ3v) is 3.41. The smallest absolute Gasteiger partial charge is 0.226 e. The number of hydrogen-bond donors (Lipinski definition) is 1. The van der Waals surface area contributed by atoms with Gasteiger partial charge in [-0.2, -0.15) is 0 Å². The molecule has 1 aliphatic heterocycles. The topological polar surface area (TPSA) is 55.6 Å². The van der Waals surface area contributed by atoms with Gasteiger partial charge in [-0.15, -0.1) is 0 Å². The quantitative estimate of drug-likeness (QED) is 0.897. The van der Waals surface area contributed by atoms with Gasteiger partial charge in [-0.05, 0) is 6.07 Å². The fourth-order valence-electron chi connectivity index (χ4n) is 2.19. The minimum Gasteiger partial charge on any atom is -0.370 e. The Kier molecular flexibility index (Phi) is 4.50. The van der Waals surface area contributed by atoms with Crippen molar-refractivity contribution < 1.29 is 13.9 Å². The summed E-state index contributed by atoms with van der Waals surface area (Å²) in [6.07, 6.45) is -0.399. The molecule has 5 heteroatoms. The molecule has 1 aliphatic rings. The maximum absolute atomic E-state index is 13.7. The third kappa shape index (κ3) is 3.11. The summed E-state index contributed by atoms with van der Waals surface area (Å²) < 4.78 is 19.3. The van der Waals surface area contributed by atoms with Gasteiger partial charge in [0.15, 0.2) is 0 Å². The maximum atomic E-state index is 13.7. The normalized spacial score (nSPS) is 21.2. The number of amides is 1. The molecule has 19 heavy (non-hydrogen) atoms. The lowest BCUT2D eigenvalue weighted by Gasteiger charge is -2.34. The van der Waals surface area contributed by atoms with Crippen LogP contribution < -0.4 is 5.73 Å². The van der Waals surface area contributed by atoms with Crippen LogP contribution in [0, 0.1) is 11.7 Å². The third-order valence-electron chi connectivity index (χ3n) is 3.41. The second-order valence-electron chi connectivity index (χ2n) is 4.80. The lowest BCUT2D eigenvalue weighted by Crippen LogP contribution is -2.45. The highest BCUT2D eigenvalue weighted by atomic mass is 19.1. The van der Waals surface area contributed by atoms with E-state index < -0.39 is 6.10 Å². The van der Waals surface area contributed by atoms with Crippen LogP contribution in [0.1, 0.15) is 18.6 Å². The molecule has 1 fully saturated rings. The van der Waals surface area contributed by atoms with E-state index in [-0.39, 0.29) is 17.6 Å². The Morgan fingerprint density at radius 1 is 1.58 bits per heavy atom. The number of carbonyl (C=O) groups excluding carboxylic acids is 1. The van der Waals surface area contributed by atoms with E-state index in [1.807, 2.05) is 0 Å². The van der Waals surface area contributed by atoms with Crippen molar-refractivity contribution in [2.45, 2.75) is 13.0 Å². The number of halogens is 1. The molecule has 2 unspecified atom stereocenters. The Morgan fingerprint density at radius 2 is 2.32 bits per heavy atom. The average molecular weight is 266 g/mol. The average Bonchev–Trinajstić information content (AvgIpc) is 2.46. The van der Waals surface area contributed by atoms with Crippen molar-refractivity contribution in [1.82, 2.24) is 4.90 Å². The molecule has 104 valence electrons. The van der Waals surface area contributed by atoms with Crippen LogP contribution >= 0.6 is 0 Å². The molecule has 0 bridgehead atoms. The number of nitrogens with zero attached hydrogens (tertiary/aromatic N) is 1. The molecule has 2 rings (SSSR count). The molecule has 4 nitrogen and oxygen atoms in total. The van der Waals surface area contributed by atoms with Crippen LogP contribution in [-0.2, 0) is 9.53 Å². The number of morpholine rings is 1. The van der Waals surface area contributed by atoms with Gasteiger partial charge in [0, 0.05) is 24.6 Å². The second kappa shape index (κ2) is 6.12. The summed E-state index contributed by atoms with van der Waals surface area (Å²) in [4.78, 5) is 13.8. The van der Waals surface area contributed by atoms with Crippen molar-refractivity contribution in [3.63, 3.8) is 0 Å². The molecule has 1 heterocycles. The number of rotatable bonds is 3. The van der Waals surface area contributed by atoms with Crippen molar-refractivity contribution >= 4 is 5.91 Å². The van der Waals surface area contributed by atoms with Crippen LogP contribution in [0.2, 0.25) is 0 Å². The lowest BCUT2D eigenvalue weighted by atomic mass is 10.1. The van der Waals surface area contributed by atoms with Gasteiger partial charge in [-0.3, -0.25) is 4.79 Å². The monoisotopic (exact) mass is 266 g/mol. The van der Waals surface area contributed by atoms with Gasteiger partial charge < -0.3 is 15.4 Å². The summed E-state index contributed by atoms with van der Waals surface area (Å²) in [5.74, 6) is -0.500. The number of benzene rings is 1.